The quantitative estimate of drug-likeness (QED) is 0.898. The normalized spacial score (nSPS) is 15.3. The highest BCUT2D eigenvalue weighted by molar-refractivity contribution is 5.51. The van der Waals surface area contributed by atoms with Crippen molar-refractivity contribution in [2.75, 3.05) is 41.7 Å². The number of hydrogen-bond donors (Lipinski definition) is 1. The topological polar surface area (TPSA) is 71.2 Å². The molecule has 3 rings (SSSR count). The van der Waals surface area contributed by atoms with Gasteiger partial charge in [0.15, 0.2) is 0 Å². The molecule has 0 bridgehead atoms. The van der Waals surface area contributed by atoms with Gasteiger partial charge < -0.3 is 15.5 Å². The average molecular weight is 284 g/mol. The summed E-state index contributed by atoms with van der Waals surface area (Å²) in [5, 5.41) is 0. The van der Waals surface area contributed by atoms with E-state index in [1.165, 1.54) is 5.69 Å². The van der Waals surface area contributed by atoms with E-state index in [1.807, 2.05) is 13.8 Å². The minimum Gasteiger partial charge on any atom is -0.382 e. The van der Waals surface area contributed by atoms with Gasteiger partial charge in [0, 0.05) is 43.3 Å². The van der Waals surface area contributed by atoms with Crippen LogP contribution in [0.2, 0.25) is 0 Å². The van der Waals surface area contributed by atoms with Crippen LogP contribution in [0.5, 0.6) is 0 Å². The highest BCUT2D eigenvalue weighted by atomic mass is 15.3. The van der Waals surface area contributed by atoms with Gasteiger partial charge in [0.1, 0.15) is 11.6 Å². The molecule has 1 fully saturated rings. The maximum Gasteiger partial charge on any atom is 0.149 e. The van der Waals surface area contributed by atoms with Gasteiger partial charge in [0.05, 0.1) is 12.4 Å². The molecule has 1 aliphatic rings. The van der Waals surface area contributed by atoms with Crippen molar-refractivity contribution in [3.05, 3.63) is 35.9 Å². The van der Waals surface area contributed by atoms with Crippen LogP contribution in [0.25, 0.3) is 0 Å². The third-order valence-electron chi connectivity index (χ3n) is 3.68. The number of aromatic nitrogens is 3. The van der Waals surface area contributed by atoms with E-state index >= 15 is 0 Å². The number of hydrogen-bond acceptors (Lipinski definition) is 6. The number of rotatable bonds is 2. The zero-order valence-electron chi connectivity index (χ0n) is 12.5. The first-order chi connectivity index (χ1) is 10.1. The fraction of sp³-hybridized carbons (Fsp3) is 0.400. The Morgan fingerprint density at radius 3 is 2.14 bits per heavy atom. The van der Waals surface area contributed by atoms with Crippen molar-refractivity contribution in [2.45, 2.75) is 13.8 Å². The molecular formula is C15H20N6. The molecule has 0 aliphatic carbocycles. The van der Waals surface area contributed by atoms with Gasteiger partial charge in [-0.1, -0.05) is 0 Å². The number of anilines is 3. The molecule has 3 heterocycles. The molecule has 0 amide bonds. The molecular weight excluding hydrogens is 264 g/mol. The molecule has 2 N–H and O–H groups in total. The summed E-state index contributed by atoms with van der Waals surface area (Å²) in [4.78, 5) is 17.5. The second kappa shape index (κ2) is 5.55. The first-order valence-electron chi connectivity index (χ1n) is 7.14. The molecule has 1 saturated heterocycles. The summed E-state index contributed by atoms with van der Waals surface area (Å²) >= 11 is 0. The number of pyridine rings is 1. The molecule has 0 aromatic carbocycles. The minimum absolute atomic E-state index is 0.468. The largest absolute Gasteiger partial charge is 0.382 e. The third-order valence-corrected chi connectivity index (χ3v) is 3.68. The highest BCUT2D eigenvalue weighted by Gasteiger charge is 2.19. The van der Waals surface area contributed by atoms with Gasteiger partial charge in [-0.2, -0.15) is 0 Å². The van der Waals surface area contributed by atoms with Gasteiger partial charge in [-0.15, -0.1) is 0 Å². The predicted molar refractivity (Wildman–Crippen MR) is 84.6 cm³/mol. The van der Waals surface area contributed by atoms with E-state index in [-0.39, 0.29) is 0 Å². The van der Waals surface area contributed by atoms with Crippen molar-refractivity contribution in [1.29, 1.82) is 0 Å². The Bertz CT molecular complexity index is 614. The Hall–Kier alpha value is -2.37. The predicted octanol–water partition coefficient (Wildman–Crippen LogP) is 1.40. The number of nitrogens with two attached hydrogens (primary N) is 1. The van der Waals surface area contributed by atoms with Gasteiger partial charge in [0.25, 0.3) is 0 Å². The van der Waals surface area contributed by atoms with Crippen LogP contribution in [0.3, 0.4) is 0 Å². The SMILES string of the molecule is Cc1cc(N2CCN(c3cncc(N)n3)CC2)cc(C)n1. The fourth-order valence-corrected chi connectivity index (χ4v) is 2.71. The number of aryl methyl sites for hydroxylation is 2. The summed E-state index contributed by atoms with van der Waals surface area (Å²) in [5.41, 5.74) is 9.08. The van der Waals surface area contributed by atoms with Crippen LogP contribution in [-0.2, 0) is 0 Å². The summed E-state index contributed by atoms with van der Waals surface area (Å²) in [6.07, 6.45) is 3.34. The summed E-state index contributed by atoms with van der Waals surface area (Å²) < 4.78 is 0. The molecule has 2 aromatic rings. The molecule has 2 aromatic heterocycles. The number of piperazine rings is 1. The van der Waals surface area contributed by atoms with Crippen molar-refractivity contribution < 1.29 is 0 Å². The molecule has 0 unspecified atom stereocenters. The molecule has 0 atom stereocenters. The molecule has 1 aliphatic heterocycles. The van der Waals surface area contributed by atoms with Crippen molar-refractivity contribution in [3.63, 3.8) is 0 Å². The summed E-state index contributed by atoms with van der Waals surface area (Å²) in [7, 11) is 0. The molecule has 110 valence electrons. The lowest BCUT2D eigenvalue weighted by Gasteiger charge is -2.36. The van der Waals surface area contributed by atoms with Crippen molar-refractivity contribution >= 4 is 17.3 Å². The van der Waals surface area contributed by atoms with E-state index in [2.05, 4.69) is 36.9 Å². The Morgan fingerprint density at radius 1 is 0.905 bits per heavy atom. The molecule has 0 saturated carbocycles. The van der Waals surface area contributed by atoms with Crippen LogP contribution in [0, 0.1) is 13.8 Å². The van der Waals surface area contributed by atoms with Crippen molar-refractivity contribution in [2.24, 2.45) is 0 Å². The van der Waals surface area contributed by atoms with Crippen molar-refractivity contribution in [3.8, 4) is 0 Å². The minimum atomic E-state index is 0.468. The lowest BCUT2D eigenvalue weighted by molar-refractivity contribution is 0.646. The number of nitrogens with zero attached hydrogens (tertiary/aromatic N) is 5. The zero-order valence-corrected chi connectivity index (χ0v) is 12.5. The van der Waals surface area contributed by atoms with Gasteiger partial charge >= 0.3 is 0 Å². The molecule has 21 heavy (non-hydrogen) atoms. The van der Waals surface area contributed by atoms with E-state index < -0.39 is 0 Å². The van der Waals surface area contributed by atoms with Gasteiger partial charge in [0.2, 0.25) is 0 Å². The Balaban J connectivity index is 1.70. The van der Waals surface area contributed by atoms with Crippen LogP contribution in [0.4, 0.5) is 17.3 Å². The van der Waals surface area contributed by atoms with Crippen molar-refractivity contribution in [1.82, 2.24) is 15.0 Å². The monoisotopic (exact) mass is 284 g/mol. The first-order valence-corrected chi connectivity index (χ1v) is 7.14. The highest BCUT2D eigenvalue weighted by Crippen LogP contribution is 2.20. The number of nitrogen functional groups attached to an aromatic ring is 1. The second-order valence-electron chi connectivity index (χ2n) is 5.38. The van der Waals surface area contributed by atoms with Crippen LogP contribution < -0.4 is 15.5 Å². The molecule has 0 spiro atoms. The third kappa shape index (κ3) is 3.04. The van der Waals surface area contributed by atoms with E-state index in [1.54, 1.807) is 12.4 Å². The summed E-state index contributed by atoms with van der Waals surface area (Å²) in [6.45, 7) is 7.82. The lowest BCUT2D eigenvalue weighted by atomic mass is 10.2. The Morgan fingerprint density at radius 2 is 1.52 bits per heavy atom. The zero-order chi connectivity index (χ0) is 14.8. The van der Waals surface area contributed by atoms with E-state index in [0.29, 0.717) is 5.82 Å². The van der Waals surface area contributed by atoms with E-state index in [9.17, 15) is 0 Å². The molecule has 6 nitrogen and oxygen atoms in total. The standard InChI is InChI=1S/C15H20N6/c1-11-7-13(8-12(2)18-11)20-3-5-21(6-4-20)15-10-17-9-14(16)19-15/h7-10H,3-6H2,1-2H3,(H2,16,19). The molecule has 0 radical (unpaired) electrons. The van der Waals surface area contributed by atoms with Crippen LogP contribution in [0.15, 0.2) is 24.5 Å². The van der Waals surface area contributed by atoms with E-state index in [4.69, 9.17) is 5.73 Å². The summed E-state index contributed by atoms with van der Waals surface area (Å²) in [5.74, 6) is 1.33. The summed E-state index contributed by atoms with van der Waals surface area (Å²) in [6, 6.07) is 4.28. The fourth-order valence-electron chi connectivity index (χ4n) is 2.71. The Kier molecular flexibility index (Phi) is 3.60. The lowest BCUT2D eigenvalue weighted by Crippen LogP contribution is -2.47. The maximum atomic E-state index is 5.70. The second-order valence-corrected chi connectivity index (χ2v) is 5.38. The van der Waals surface area contributed by atoms with Gasteiger partial charge in [-0.05, 0) is 26.0 Å². The van der Waals surface area contributed by atoms with E-state index in [0.717, 1.165) is 43.4 Å². The van der Waals surface area contributed by atoms with Crippen LogP contribution in [-0.4, -0.2) is 41.1 Å². The average Bonchev–Trinajstić information content (AvgIpc) is 2.46. The maximum absolute atomic E-state index is 5.70. The first kappa shape index (κ1) is 13.6. The van der Waals surface area contributed by atoms with Crippen LogP contribution in [0.1, 0.15) is 11.4 Å². The smallest absolute Gasteiger partial charge is 0.149 e. The Labute approximate surface area is 124 Å². The van der Waals surface area contributed by atoms with Crippen LogP contribution >= 0.6 is 0 Å². The van der Waals surface area contributed by atoms with Gasteiger partial charge in [-0.25, -0.2) is 4.98 Å². The molecule has 6 heteroatoms. The van der Waals surface area contributed by atoms with Gasteiger partial charge in [-0.3, -0.25) is 9.97 Å².